The van der Waals surface area contributed by atoms with Gasteiger partial charge in [-0.3, -0.25) is 14.5 Å². The first-order valence-corrected chi connectivity index (χ1v) is 8.16. The molecule has 4 heteroatoms. The smallest absolute Gasteiger partial charge is 0.229 e. The van der Waals surface area contributed by atoms with E-state index in [1.165, 1.54) is 11.3 Å². The topological polar surface area (TPSA) is 57.6 Å². The van der Waals surface area contributed by atoms with Gasteiger partial charge in [0.1, 0.15) is 0 Å². The molecule has 1 aliphatic carbocycles. The van der Waals surface area contributed by atoms with Crippen LogP contribution in [0, 0.1) is 5.41 Å². The normalized spacial score (nSPS) is 22.9. The van der Waals surface area contributed by atoms with Gasteiger partial charge in [-0.15, -0.1) is 0 Å². The van der Waals surface area contributed by atoms with Crippen molar-refractivity contribution in [1.29, 1.82) is 0 Å². The third-order valence-electron chi connectivity index (χ3n) is 5.11. The molecule has 1 saturated carbocycles. The molecule has 1 unspecified atom stereocenters. The van der Waals surface area contributed by atoms with Gasteiger partial charge >= 0.3 is 0 Å². The van der Waals surface area contributed by atoms with Crippen LogP contribution >= 0.6 is 0 Å². The van der Waals surface area contributed by atoms with Crippen molar-refractivity contribution in [2.75, 3.05) is 6.54 Å². The van der Waals surface area contributed by atoms with E-state index in [-0.39, 0.29) is 23.8 Å². The van der Waals surface area contributed by atoms with Crippen molar-refractivity contribution in [2.24, 2.45) is 5.41 Å². The Kier molecular flexibility index (Phi) is 4.30. The summed E-state index contributed by atoms with van der Waals surface area (Å²) in [5.74, 6) is -0.235. The highest BCUT2D eigenvalue weighted by atomic mass is 16.3. The van der Waals surface area contributed by atoms with Crippen molar-refractivity contribution in [1.82, 2.24) is 4.90 Å². The molecule has 1 saturated heterocycles. The molecule has 3 rings (SSSR count). The highest BCUT2D eigenvalue weighted by Crippen LogP contribution is 2.45. The van der Waals surface area contributed by atoms with E-state index in [9.17, 15) is 14.7 Å². The maximum absolute atomic E-state index is 12.4. The van der Waals surface area contributed by atoms with Crippen LogP contribution in [-0.2, 0) is 9.59 Å². The van der Waals surface area contributed by atoms with Gasteiger partial charge in [0.05, 0.1) is 12.6 Å². The Balaban J connectivity index is 1.68. The predicted molar refractivity (Wildman–Crippen MR) is 82.9 cm³/mol. The monoisotopic (exact) mass is 301 g/mol. The van der Waals surface area contributed by atoms with Gasteiger partial charge in [-0.2, -0.15) is 0 Å². The van der Waals surface area contributed by atoms with Gasteiger partial charge in [0.25, 0.3) is 0 Å². The van der Waals surface area contributed by atoms with Crippen LogP contribution in [0.15, 0.2) is 30.3 Å². The van der Waals surface area contributed by atoms with Crippen LogP contribution in [0.4, 0.5) is 0 Å². The average molecular weight is 301 g/mol. The van der Waals surface area contributed by atoms with Crippen molar-refractivity contribution >= 4 is 11.8 Å². The van der Waals surface area contributed by atoms with Crippen LogP contribution < -0.4 is 0 Å². The Morgan fingerprint density at radius 2 is 1.59 bits per heavy atom. The van der Waals surface area contributed by atoms with Crippen LogP contribution in [0.2, 0.25) is 0 Å². The second-order valence-electron chi connectivity index (χ2n) is 6.74. The van der Waals surface area contributed by atoms with Gasteiger partial charge in [0.15, 0.2) is 0 Å². The van der Waals surface area contributed by atoms with Crippen molar-refractivity contribution in [3.63, 3.8) is 0 Å². The van der Waals surface area contributed by atoms with Crippen LogP contribution in [0.5, 0.6) is 0 Å². The summed E-state index contributed by atoms with van der Waals surface area (Å²) in [4.78, 5) is 26.1. The number of carbonyl (C=O) groups is 2. The number of benzene rings is 1. The van der Waals surface area contributed by atoms with Crippen molar-refractivity contribution < 1.29 is 14.7 Å². The summed E-state index contributed by atoms with van der Waals surface area (Å²) in [5, 5.41) is 10.3. The molecule has 0 bridgehead atoms. The van der Waals surface area contributed by atoms with E-state index in [1.807, 2.05) is 30.3 Å². The zero-order valence-electron chi connectivity index (χ0n) is 12.8. The number of hydrogen-bond acceptors (Lipinski definition) is 3. The summed E-state index contributed by atoms with van der Waals surface area (Å²) >= 11 is 0. The molecule has 4 nitrogen and oxygen atoms in total. The molecule has 118 valence electrons. The Labute approximate surface area is 131 Å². The quantitative estimate of drug-likeness (QED) is 0.873. The van der Waals surface area contributed by atoms with Crippen LogP contribution in [0.3, 0.4) is 0 Å². The maximum Gasteiger partial charge on any atom is 0.229 e. The van der Waals surface area contributed by atoms with Crippen molar-refractivity contribution in [3.8, 4) is 0 Å². The summed E-state index contributed by atoms with van der Waals surface area (Å²) in [7, 11) is 0. The average Bonchev–Trinajstić information content (AvgIpc) is 2.52. The highest BCUT2D eigenvalue weighted by molar-refractivity contribution is 5.98. The molecule has 0 radical (unpaired) electrons. The fraction of sp³-hybridized carbons (Fsp3) is 0.556. The summed E-state index contributed by atoms with van der Waals surface area (Å²) < 4.78 is 0. The molecule has 1 heterocycles. The molecule has 1 aliphatic heterocycles. The van der Waals surface area contributed by atoms with Crippen molar-refractivity contribution in [3.05, 3.63) is 35.9 Å². The number of carbonyl (C=O) groups excluding carboxylic acids is 2. The Morgan fingerprint density at radius 3 is 2.18 bits per heavy atom. The molecule has 22 heavy (non-hydrogen) atoms. The SMILES string of the molecule is O=C1CC2(CCCCC2)CC(=O)N1CC(O)c1ccccc1. The van der Waals surface area contributed by atoms with E-state index in [0.29, 0.717) is 12.8 Å². The number of aliphatic hydroxyl groups excluding tert-OH is 1. The summed E-state index contributed by atoms with van der Waals surface area (Å²) in [5.41, 5.74) is 0.640. The first-order chi connectivity index (χ1) is 10.6. The van der Waals surface area contributed by atoms with Crippen LogP contribution in [-0.4, -0.2) is 28.4 Å². The summed E-state index contributed by atoms with van der Waals surface area (Å²) in [6.07, 6.45) is 5.52. The Bertz CT molecular complexity index is 529. The van der Waals surface area contributed by atoms with E-state index in [0.717, 1.165) is 31.2 Å². The minimum Gasteiger partial charge on any atom is -0.387 e. The number of rotatable bonds is 3. The standard InChI is InChI=1S/C18H23NO3/c20-15(14-7-3-1-4-8-14)13-19-16(21)11-18(12-17(19)22)9-5-2-6-10-18/h1,3-4,7-8,15,20H,2,5-6,9-13H2. The fourth-order valence-corrected chi connectivity index (χ4v) is 3.85. The molecule has 2 fully saturated rings. The number of imide groups is 1. The molecular formula is C18H23NO3. The van der Waals surface area contributed by atoms with Crippen LogP contribution in [0.25, 0.3) is 0 Å². The van der Waals surface area contributed by atoms with Gasteiger partial charge in [0, 0.05) is 12.8 Å². The van der Waals surface area contributed by atoms with Gasteiger partial charge in [0.2, 0.25) is 11.8 Å². The zero-order chi connectivity index (χ0) is 15.6. The minimum atomic E-state index is -0.811. The molecule has 2 amide bonds. The lowest BCUT2D eigenvalue weighted by Crippen LogP contribution is -2.49. The highest BCUT2D eigenvalue weighted by Gasteiger charge is 2.44. The number of β-amino-alcohol motifs (C(OH)–C–C–N with tert-alkyl or cyclic N) is 1. The summed E-state index contributed by atoms with van der Waals surface area (Å²) in [6.45, 7) is 0.0672. The Hall–Kier alpha value is -1.68. The molecule has 1 spiro atoms. The lowest BCUT2D eigenvalue weighted by Gasteiger charge is -2.42. The van der Waals surface area contributed by atoms with Crippen LogP contribution in [0.1, 0.15) is 56.6 Å². The first-order valence-electron chi connectivity index (χ1n) is 8.16. The molecule has 1 N–H and O–H groups in total. The molecule has 0 aromatic heterocycles. The molecule has 2 aliphatic rings. The number of likely N-dealkylation sites (tertiary alicyclic amines) is 1. The Morgan fingerprint density at radius 1 is 1.00 bits per heavy atom. The number of nitrogens with zero attached hydrogens (tertiary/aromatic N) is 1. The lowest BCUT2D eigenvalue weighted by atomic mass is 9.67. The first kappa shape index (κ1) is 15.2. The molecular weight excluding hydrogens is 278 g/mol. The number of aliphatic hydroxyl groups is 1. The second kappa shape index (κ2) is 6.21. The van der Waals surface area contributed by atoms with Gasteiger partial charge in [-0.1, -0.05) is 49.6 Å². The molecule has 1 atom stereocenters. The third kappa shape index (κ3) is 3.07. The fourth-order valence-electron chi connectivity index (χ4n) is 3.85. The largest absolute Gasteiger partial charge is 0.387 e. The second-order valence-corrected chi connectivity index (χ2v) is 6.74. The van der Waals surface area contributed by atoms with Crippen molar-refractivity contribution in [2.45, 2.75) is 51.0 Å². The van der Waals surface area contributed by atoms with E-state index in [4.69, 9.17) is 0 Å². The molecule has 1 aromatic rings. The third-order valence-corrected chi connectivity index (χ3v) is 5.11. The zero-order valence-corrected chi connectivity index (χ0v) is 12.8. The van der Waals surface area contributed by atoms with E-state index in [2.05, 4.69) is 0 Å². The van der Waals surface area contributed by atoms with Gasteiger partial charge in [-0.05, 0) is 23.8 Å². The lowest BCUT2D eigenvalue weighted by molar-refractivity contribution is -0.156. The number of amides is 2. The van der Waals surface area contributed by atoms with Gasteiger partial charge < -0.3 is 5.11 Å². The van der Waals surface area contributed by atoms with E-state index in [1.54, 1.807) is 0 Å². The van der Waals surface area contributed by atoms with E-state index >= 15 is 0 Å². The number of hydrogen-bond donors (Lipinski definition) is 1. The molecule has 1 aromatic carbocycles. The number of piperidine rings is 1. The minimum absolute atomic E-state index is 0.0672. The summed E-state index contributed by atoms with van der Waals surface area (Å²) in [6, 6.07) is 9.18. The van der Waals surface area contributed by atoms with E-state index < -0.39 is 6.10 Å². The predicted octanol–water partition coefficient (Wildman–Crippen LogP) is 2.82. The maximum atomic E-state index is 12.4. The van der Waals surface area contributed by atoms with Gasteiger partial charge in [-0.25, -0.2) is 0 Å².